The Hall–Kier alpha value is -2.60. The van der Waals surface area contributed by atoms with Crippen LogP contribution < -0.4 is 10.2 Å². The largest absolute Gasteiger partial charge is 0.353 e. The highest BCUT2D eigenvalue weighted by Gasteiger charge is 2.49. The molecule has 4 rings (SSSR count). The number of carbonyl (C=O) groups excluding carboxylic acids is 2. The van der Waals surface area contributed by atoms with Crippen LogP contribution in [0.2, 0.25) is 5.02 Å². The van der Waals surface area contributed by atoms with Gasteiger partial charge in [0, 0.05) is 43.1 Å². The fourth-order valence-corrected chi connectivity index (χ4v) is 3.68. The molecule has 1 N–H and O–H groups in total. The van der Waals surface area contributed by atoms with Crippen LogP contribution in [0.5, 0.6) is 0 Å². The van der Waals surface area contributed by atoms with Crippen molar-refractivity contribution in [3.8, 4) is 0 Å². The van der Waals surface area contributed by atoms with E-state index in [-0.39, 0.29) is 23.7 Å². The van der Waals surface area contributed by atoms with Crippen LogP contribution in [0, 0.1) is 11.8 Å². The minimum absolute atomic E-state index is 0.0851. The number of amides is 2. The molecule has 140 valence electrons. The molecule has 6 nitrogen and oxygen atoms in total. The molecular formula is C20H21ClN4O2. The zero-order chi connectivity index (χ0) is 18.8. The van der Waals surface area contributed by atoms with Crippen molar-refractivity contribution in [2.24, 2.45) is 11.8 Å². The van der Waals surface area contributed by atoms with E-state index in [1.165, 1.54) is 0 Å². The molecule has 1 aliphatic carbocycles. The summed E-state index contributed by atoms with van der Waals surface area (Å²) in [5, 5.41) is 3.42. The lowest BCUT2D eigenvalue weighted by molar-refractivity contribution is -0.134. The average molecular weight is 385 g/mol. The molecular weight excluding hydrogens is 364 g/mol. The van der Waals surface area contributed by atoms with Gasteiger partial charge in [-0.1, -0.05) is 23.7 Å². The molecule has 1 aromatic heterocycles. The fourth-order valence-electron chi connectivity index (χ4n) is 3.49. The number of hydrogen-bond donors (Lipinski definition) is 1. The molecule has 1 saturated heterocycles. The number of aromatic nitrogens is 1. The number of carbonyl (C=O) groups is 2. The van der Waals surface area contributed by atoms with Gasteiger partial charge in [0.05, 0.1) is 11.8 Å². The Bertz CT molecular complexity index is 837. The second-order valence-corrected chi connectivity index (χ2v) is 7.38. The quantitative estimate of drug-likeness (QED) is 0.880. The summed E-state index contributed by atoms with van der Waals surface area (Å²) in [6.45, 7) is 2.84. The first kappa shape index (κ1) is 17.8. The Balaban J connectivity index is 1.28. The molecule has 2 amide bonds. The molecule has 1 aromatic carbocycles. The van der Waals surface area contributed by atoms with Crippen molar-refractivity contribution >= 4 is 34.9 Å². The van der Waals surface area contributed by atoms with Crippen molar-refractivity contribution in [3.05, 3.63) is 53.7 Å². The van der Waals surface area contributed by atoms with E-state index in [1.54, 1.807) is 30.5 Å². The van der Waals surface area contributed by atoms with E-state index in [2.05, 4.69) is 15.2 Å². The van der Waals surface area contributed by atoms with E-state index in [9.17, 15) is 9.59 Å². The van der Waals surface area contributed by atoms with Gasteiger partial charge in [-0.2, -0.15) is 0 Å². The highest BCUT2D eigenvalue weighted by atomic mass is 35.5. The zero-order valence-corrected chi connectivity index (χ0v) is 15.6. The van der Waals surface area contributed by atoms with Gasteiger partial charge in [-0.05, 0) is 36.8 Å². The lowest BCUT2D eigenvalue weighted by Gasteiger charge is -2.35. The molecule has 2 aliphatic rings. The summed E-state index contributed by atoms with van der Waals surface area (Å²) in [5.74, 6) is 0.468. The van der Waals surface area contributed by atoms with Gasteiger partial charge in [0.25, 0.3) is 0 Å². The van der Waals surface area contributed by atoms with E-state index >= 15 is 0 Å². The molecule has 1 saturated carbocycles. The van der Waals surface area contributed by atoms with Crippen LogP contribution in [-0.4, -0.2) is 47.9 Å². The molecule has 0 bridgehead atoms. The predicted octanol–water partition coefficient (Wildman–Crippen LogP) is 2.66. The number of halogens is 1. The standard InChI is InChI=1S/C20H21ClN4O2/c21-14-4-3-5-15(12-14)23-19(26)16-13-17(16)20(27)25-10-8-24(9-11-25)18-6-1-2-7-22-18/h1-7,12,16-17H,8-11,13H2,(H,23,26). The van der Waals surface area contributed by atoms with Gasteiger partial charge in [-0.25, -0.2) is 4.98 Å². The maximum atomic E-state index is 12.7. The Kier molecular flexibility index (Phi) is 4.99. The molecule has 2 unspecified atom stereocenters. The number of benzene rings is 1. The fraction of sp³-hybridized carbons (Fsp3) is 0.350. The number of nitrogens with zero attached hydrogens (tertiary/aromatic N) is 3. The Morgan fingerprint density at radius 3 is 2.56 bits per heavy atom. The maximum absolute atomic E-state index is 12.7. The second kappa shape index (κ2) is 7.56. The van der Waals surface area contributed by atoms with Crippen LogP contribution in [-0.2, 0) is 9.59 Å². The molecule has 0 radical (unpaired) electrons. The van der Waals surface area contributed by atoms with Crippen LogP contribution in [0.4, 0.5) is 11.5 Å². The van der Waals surface area contributed by atoms with E-state index in [4.69, 9.17) is 11.6 Å². The third-order valence-electron chi connectivity index (χ3n) is 5.10. The van der Waals surface area contributed by atoms with Gasteiger partial charge >= 0.3 is 0 Å². The van der Waals surface area contributed by atoms with Crippen molar-refractivity contribution < 1.29 is 9.59 Å². The summed E-state index contributed by atoms with van der Waals surface area (Å²) < 4.78 is 0. The van der Waals surface area contributed by atoms with Crippen LogP contribution in [0.1, 0.15) is 6.42 Å². The monoisotopic (exact) mass is 384 g/mol. The van der Waals surface area contributed by atoms with Gasteiger partial charge < -0.3 is 15.1 Å². The predicted molar refractivity (Wildman–Crippen MR) is 105 cm³/mol. The van der Waals surface area contributed by atoms with Crippen LogP contribution in [0.3, 0.4) is 0 Å². The second-order valence-electron chi connectivity index (χ2n) is 6.95. The molecule has 1 aliphatic heterocycles. The lowest BCUT2D eigenvalue weighted by Crippen LogP contribution is -2.49. The average Bonchev–Trinajstić information content (AvgIpc) is 3.49. The smallest absolute Gasteiger partial charge is 0.228 e. The molecule has 2 aromatic rings. The third-order valence-corrected chi connectivity index (χ3v) is 5.34. The van der Waals surface area contributed by atoms with Crippen molar-refractivity contribution in [2.45, 2.75) is 6.42 Å². The zero-order valence-electron chi connectivity index (χ0n) is 14.8. The Morgan fingerprint density at radius 1 is 1.04 bits per heavy atom. The van der Waals surface area contributed by atoms with E-state index in [0.717, 1.165) is 18.9 Å². The number of piperazine rings is 1. The van der Waals surface area contributed by atoms with Crippen LogP contribution >= 0.6 is 11.6 Å². The van der Waals surface area contributed by atoms with E-state index < -0.39 is 0 Å². The van der Waals surface area contributed by atoms with Gasteiger partial charge in [0.15, 0.2) is 0 Å². The molecule has 2 atom stereocenters. The van der Waals surface area contributed by atoms with Crippen LogP contribution in [0.25, 0.3) is 0 Å². The SMILES string of the molecule is O=C(Nc1cccc(Cl)c1)C1CC1C(=O)N1CCN(c2ccccn2)CC1. The maximum Gasteiger partial charge on any atom is 0.228 e. The Morgan fingerprint density at radius 2 is 1.85 bits per heavy atom. The Labute approximate surface area is 163 Å². The van der Waals surface area contributed by atoms with Crippen molar-refractivity contribution in [1.82, 2.24) is 9.88 Å². The molecule has 2 heterocycles. The normalized spacial score (nSPS) is 21.7. The van der Waals surface area contributed by atoms with E-state index in [0.29, 0.717) is 30.2 Å². The highest BCUT2D eigenvalue weighted by Crippen LogP contribution is 2.41. The third kappa shape index (κ3) is 4.06. The first-order valence-electron chi connectivity index (χ1n) is 9.13. The molecule has 0 spiro atoms. The molecule has 27 heavy (non-hydrogen) atoms. The van der Waals surface area contributed by atoms with Crippen molar-refractivity contribution in [2.75, 3.05) is 36.4 Å². The van der Waals surface area contributed by atoms with Gasteiger partial charge in [-0.15, -0.1) is 0 Å². The number of nitrogens with one attached hydrogen (secondary N) is 1. The summed E-state index contributed by atoms with van der Waals surface area (Å²) in [7, 11) is 0. The van der Waals surface area contributed by atoms with Gasteiger partial charge in [0.2, 0.25) is 11.8 Å². The van der Waals surface area contributed by atoms with Crippen molar-refractivity contribution in [3.63, 3.8) is 0 Å². The van der Waals surface area contributed by atoms with E-state index in [1.807, 2.05) is 23.1 Å². The molecule has 7 heteroatoms. The van der Waals surface area contributed by atoms with Crippen LogP contribution in [0.15, 0.2) is 48.7 Å². The summed E-state index contributed by atoms with van der Waals surface area (Å²) in [6, 6.07) is 12.9. The number of hydrogen-bond acceptors (Lipinski definition) is 4. The minimum Gasteiger partial charge on any atom is -0.353 e. The number of pyridine rings is 1. The first-order chi connectivity index (χ1) is 13.1. The van der Waals surface area contributed by atoms with Crippen molar-refractivity contribution in [1.29, 1.82) is 0 Å². The highest BCUT2D eigenvalue weighted by molar-refractivity contribution is 6.30. The van der Waals surface area contributed by atoms with Gasteiger partial charge in [-0.3, -0.25) is 9.59 Å². The summed E-state index contributed by atoms with van der Waals surface area (Å²) in [4.78, 5) is 33.5. The summed E-state index contributed by atoms with van der Waals surface area (Å²) in [6.07, 6.45) is 2.39. The number of rotatable bonds is 4. The lowest BCUT2D eigenvalue weighted by atomic mass is 10.2. The van der Waals surface area contributed by atoms with Gasteiger partial charge in [0.1, 0.15) is 5.82 Å². The first-order valence-corrected chi connectivity index (χ1v) is 9.51. The molecule has 2 fully saturated rings. The summed E-state index contributed by atoms with van der Waals surface area (Å²) in [5.41, 5.74) is 0.662. The summed E-state index contributed by atoms with van der Waals surface area (Å²) >= 11 is 5.94. The minimum atomic E-state index is -0.245. The topological polar surface area (TPSA) is 65.5 Å². The number of anilines is 2.